The highest BCUT2D eigenvalue weighted by molar-refractivity contribution is 5.15. The van der Waals surface area contributed by atoms with Crippen LogP contribution in [0, 0.1) is 6.92 Å². The second kappa shape index (κ2) is 0.957. The van der Waals surface area contributed by atoms with Crippen molar-refractivity contribution in [2.45, 2.75) is 18.1 Å². The fraction of sp³-hybridized carbons (Fsp3) is 0.833. The smallest absolute Gasteiger partial charge is 0.122 e. The van der Waals surface area contributed by atoms with Crippen LogP contribution in [-0.4, -0.2) is 24.4 Å². The van der Waals surface area contributed by atoms with E-state index in [2.05, 4.69) is 6.92 Å². The summed E-state index contributed by atoms with van der Waals surface area (Å²) in [5, 5.41) is 0. The molecule has 0 aromatic carbocycles. The van der Waals surface area contributed by atoms with Crippen molar-refractivity contribution in [1.82, 2.24) is 0 Å². The fourth-order valence-electron chi connectivity index (χ4n) is 0.764. The molecule has 2 aliphatic rings. The van der Waals surface area contributed by atoms with Gasteiger partial charge in [-0.15, -0.1) is 0 Å². The number of rotatable bonds is 1. The second-order valence-corrected chi connectivity index (χ2v) is 2.80. The number of hydrogen-bond acceptors (Lipinski definition) is 2. The first-order valence-electron chi connectivity index (χ1n) is 2.80. The van der Waals surface area contributed by atoms with Crippen molar-refractivity contribution >= 4 is 0 Å². The topological polar surface area (TPSA) is 25.1 Å². The maximum Gasteiger partial charge on any atom is 0.122 e. The summed E-state index contributed by atoms with van der Waals surface area (Å²) in [6.07, 6.45) is 0. The molecule has 45 valence electrons. The van der Waals surface area contributed by atoms with E-state index in [4.69, 9.17) is 9.47 Å². The van der Waals surface area contributed by atoms with E-state index in [1.54, 1.807) is 0 Å². The lowest BCUT2D eigenvalue weighted by molar-refractivity contribution is 0.203. The average Bonchev–Trinajstić information content (AvgIpc) is 2.46. The third-order valence-corrected chi connectivity index (χ3v) is 2.03. The van der Waals surface area contributed by atoms with Gasteiger partial charge >= 0.3 is 0 Å². The quantitative estimate of drug-likeness (QED) is 0.459. The molecule has 0 spiro atoms. The molecule has 2 heterocycles. The molecular weight excluding hydrogens is 104 g/mol. The van der Waals surface area contributed by atoms with E-state index in [-0.39, 0.29) is 11.2 Å². The molecule has 2 heteroatoms. The Hall–Kier alpha value is -0.0800. The van der Waals surface area contributed by atoms with E-state index in [9.17, 15) is 0 Å². The Labute approximate surface area is 48.8 Å². The molecule has 0 aromatic heterocycles. The van der Waals surface area contributed by atoms with Gasteiger partial charge in [0.2, 0.25) is 0 Å². The predicted octanol–water partition coefficient (Wildman–Crippen LogP) is 0.378. The van der Waals surface area contributed by atoms with E-state index >= 15 is 0 Å². The first kappa shape index (κ1) is 4.77. The Morgan fingerprint density at radius 1 is 1.38 bits per heavy atom. The zero-order valence-corrected chi connectivity index (χ0v) is 4.94. The molecule has 2 rings (SSSR count). The number of epoxide rings is 2. The summed E-state index contributed by atoms with van der Waals surface area (Å²) in [7, 11) is 0. The van der Waals surface area contributed by atoms with Crippen LogP contribution < -0.4 is 0 Å². The van der Waals surface area contributed by atoms with Crippen LogP contribution in [-0.2, 0) is 9.47 Å². The van der Waals surface area contributed by atoms with Crippen LogP contribution in [0.15, 0.2) is 0 Å². The van der Waals surface area contributed by atoms with E-state index in [1.165, 1.54) is 0 Å². The molecule has 2 saturated heterocycles. The van der Waals surface area contributed by atoms with Crippen molar-refractivity contribution in [3.8, 4) is 0 Å². The van der Waals surface area contributed by atoms with Crippen LogP contribution in [0.25, 0.3) is 0 Å². The predicted molar refractivity (Wildman–Crippen MR) is 28.4 cm³/mol. The standard InChI is InChI=1S/C6H9O2/c1-5(3-7-5)6(2)4-8-6/h1,3-4H2,2H3. The van der Waals surface area contributed by atoms with Gasteiger partial charge in [-0.2, -0.15) is 0 Å². The summed E-state index contributed by atoms with van der Waals surface area (Å²) < 4.78 is 10.2. The maximum atomic E-state index is 5.14. The largest absolute Gasteiger partial charge is 0.367 e. The van der Waals surface area contributed by atoms with Crippen LogP contribution in [0.1, 0.15) is 6.92 Å². The first-order chi connectivity index (χ1) is 3.66. The Morgan fingerprint density at radius 2 is 1.88 bits per heavy atom. The minimum absolute atomic E-state index is 0.0347. The minimum atomic E-state index is -0.174. The molecule has 0 amide bonds. The van der Waals surface area contributed by atoms with Gasteiger partial charge in [0.05, 0.1) is 13.2 Å². The van der Waals surface area contributed by atoms with Gasteiger partial charge in [-0.05, 0) is 13.8 Å². The van der Waals surface area contributed by atoms with E-state index < -0.39 is 0 Å². The third-order valence-electron chi connectivity index (χ3n) is 2.03. The van der Waals surface area contributed by atoms with Gasteiger partial charge in [0, 0.05) is 0 Å². The molecule has 2 fully saturated rings. The van der Waals surface area contributed by atoms with Crippen molar-refractivity contribution < 1.29 is 9.47 Å². The summed E-state index contributed by atoms with van der Waals surface area (Å²) >= 11 is 0. The highest BCUT2D eigenvalue weighted by atomic mass is 16.7. The molecule has 0 aliphatic carbocycles. The molecule has 2 nitrogen and oxygen atoms in total. The van der Waals surface area contributed by atoms with Crippen LogP contribution in [0.5, 0.6) is 0 Å². The minimum Gasteiger partial charge on any atom is -0.367 e. The van der Waals surface area contributed by atoms with Gasteiger partial charge in [0.25, 0.3) is 0 Å². The number of hydrogen-bond donors (Lipinski definition) is 0. The number of ether oxygens (including phenoxy) is 2. The monoisotopic (exact) mass is 113 g/mol. The first-order valence-corrected chi connectivity index (χ1v) is 2.80. The van der Waals surface area contributed by atoms with Crippen molar-refractivity contribution in [3.05, 3.63) is 6.92 Å². The molecule has 0 aromatic rings. The zero-order chi connectivity index (χ0) is 5.83. The van der Waals surface area contributed by atoms with Gasteiger partial charge < -0.3 is 9.47 Å². The van der Waals surface area contributed by atoms with Gasteiger partial charge in [-0.3, -0.25) is 0 Å². The summed E-state index contributed by atoms with van der Waals surface area (Å²) in [6.45, 7) is 7.49. The molecule has 8 heavy (non-hydrogen) atoms. The molecule has 0 N–H and O–H groups in total. The molecule has 1 radical (unpaired) electrons. The van der Waals surface area contributed by atoms with Crippen LogP contribution in [0.3, 0.4) is 0 Å². The molecule has 2 unspecified atom stereocenters. The SMILES string of the molecule is [CH2]C1(C2(C)CO2)CO1. The Balaban J connectivity index is 2.15. The Bertz CT molecular complexity index is 106. The van der Waals surface area contributed by atoms with Gasteiger partial charge in [0.15, 0.2) is 0 Å². The lowest BCUT2D eigenvalue weighted by atomic mass is 9.98. The van der Waals surface area contributed by atoms with Crippen LogP contribution >= 0.6 is 0 Å². The summed E-state index contributed by atoms with van der Waals surface area (Å²) in [5.41, 5.74) is -0.208. The second-order valence-electron chi connectivity index (χ2n) is 2.80. The van der Waals surface area contributed by atoms with Crippen molar-refractivity contribution in [2.24, 2.45) is 0 Å². The summed E-state index contributed by atoms with van der Waals surface area (Å²) in [5.74, 6) is 0. The normalized spacial score (nSPS) is 60.8. The van der Waals surface area contributed by atoms with Gasteiger partial charge in [-0.1, -0.05) is 0 Å². The average molecular weight is 113 g/mol. The van der Waals surface area contributed by atoms with Gasteiger partial charge in [-0.25, -0.2) is 0 Å². The van der Waals surface area contributed by atoms with Crippen molar-refractivity contribution in [2.75, 3.05) is 13.2 Å². The van der Waals surface area contributed by atoms with E-state index in [1.807, 2.05) is 6.92 Å². The maximum absolute atomic E-state index is 5.14. The lowest BCUT2D eigenvalue weighted by Crippen LogP contribution is -2.26. The zero-order valence-electron chi connectivity index (χ0n) is 4.94. The van der Waals surface area contributed by atoms with E-state index in [0.717, 1.165) is 13.2 Å². The highest BCUT2D eigenvalue weighted by Crippen LogP contribution is 2.47. The fourth-order valence-corrected chi connectivity index (χ4v) is 0.764. The Morgan fingerprint density at radius 3 is 2.00 bits per heavy atom. The van der Waals surface area contributed by atoms with Crippen molar-refractivity contribution in [3.63, 3.8) is 0 Å². The molecular formula is C6H9O2. The highest BCUT2D eigenvalue weighted by Gasteiger charge is 2.64. The van der Waals surface area contributed by atoms with Crippen LogP contribution in [0.2, 0.25) is 0 Å². The molecule has 0 bridgehead atoms. The van der Waals surface area contributed by atoms with Gasteiger partial charge in [0.1, 0.15) is 11.2 Å². The molecule has 0 saturated carbocycles. The van der Waals surface area contributed by atoms with Crippen LogP contribution in [0.4, 0.5) is 0 Å². The Kier molecular flexibility index (Phi) is 0.570. The summed E-state index contributed by atoms with van der Waals surface area (Å²) in [6, 6.07) is 0. The third kappa shape index (κ3) is 0.400. The molecule has 2 atom stereocenters. The van der Waals surface area contributed by atoms with Crippen molar-refractivity contribution in [1.29, 1.82) is 0 Å². The molecule has 2 aliphatic heterocycles. The summed E-state index contributed by atoms with van der Waals surface area (Å²) in [4.78, 5) is 0. The van der Waals surface area contributed by atoms with E-state index in [0.29, 0.717) is 0 Å². The lowest BCUT2D eigenvalue weighted by Gasteiger charge is -2.06.